The highest BCUT2D eigenvalue weighted by atomic mass is 19.1. The Hall–Kier alpha value is -1.56. The van der Waals surface area contributed by atoms with E-state index in [4.69, 9.17) is 10.00 Å². The fraction of sp³-hybridized carbons (Fsp3) is 0.417. The predicted molar refractivity (Wildman–Crippen MR) is 56.1 cm³/mol. The molecule has 1 aromatic carbocycles. The number of ether oxygens (including phenoxy) is 1. The van der Waals surface area contributed by atoms with Crippen LogP contribution in [-0.4, -0.2) is 6.61 Å². The molecule has 3 heteroatoms. The number of benzene rings is 1. The van der Waals surface area contributed by atoms with Crippen molar-refractivity contribution in [1.82, 2.24) is 0 Å². The van der Waals surface area contributed by atoms with Gasteiger partial charge in [-0.25, -0.2) is 4.39 Å². The SMILES string of the molecule is CCCCCOc1ccc(C#N)cc1F. The third-order valence-electron chi connectivity index (χ3n) is 2.07. The van der Waals surface area contributed by atoms with E-state index in [9.17, 15) is 4.39 Å². The Labute approximate surface area is 89.3 Å². The van der Waals surface area contributed by atoms with Crippen LogP contribution < -0.4 is 4.74 Å². The largest absolute Gasteiger partial charge is 0.491 e. The van der Waals surface area contributed by atoms with Crippen molar-refractivity contribution in [2.24, 2.45) is 0 Å². The third-order valence-corrected chi connectivity index (χ3v) is 2.07. The smallest absolute Gasteiger partial charge is 0.166 e. The van der Waals surface area contributed by atoms with Crippen molar-refractivity contribution in [1.29, 1.82) is 5.26 Å². The van der Waals surface area contributed by atoms with Crippen LogP contribution in [0.4, 0.5) is 4.39 Å². The van der Waals surface area contributed by atoms with Crippen LogP contribution in [0.25, 0.3) is 0 Å². The summed E-state index contributed by atoms with van der Waals surface area (Å²) in [6.07, 6.45) is 3.12. The molecule has 0 heterocycles. The third kappa shape index (κ3) is 3.59. The first-order valence-corrected chi connectivity index (χ1v) is 5.10. The van der Waals surface area contributed by atoms with Crippen LogP contribution in [0.15, 0.2) is 18.2 Å². The van der Waals surface area contributed by atoms with Gasteiger partial charge in [0.15, 0.2) is 11.6 Å². The average Bonchev–Trinajstić information content (AvgIpc) is 2.26. The van der Waals surface area contributed by atoms with Gasteiger partial charge in [-0.2, -0.15) is 5.26 Å². The zero-order chi connectivity index (χ0) is 11.1. The Bertz CT molecular complexity index is 357. The Balaban J connectivity index is 2.52. The van der Waals surface area contributed by atoms with E-state index in [1.807, 2.05) is 6.07 Å². The van der Waals surface area contributed by atoms with E-state index in [-0.39, 0.29) is 5.75 Å². The molecule has 1 aromatic rings. The molecule has 0 spiro atoms. The molecule has 0 saturated carbocycles. The van der Waals surface area contributed by atoms with Crippen LogP contribution in [0.2, 0.25) is 0 Å². The number of unbranched alkanes of at least 4 members (excludes halogenated alkanes) is 2. The maximum atomic E-state index is 13.3. The molecule has 0 bridgehead atoms. The van der Waals surface area contributed by atoms with E-state index in [1.54, 1.807) is 6.07 Å². The lowest BCUT2D eigenvalue weighted by atomic mass is 10.2. The molecule has 2 nitrogen and oxygen atoms in total. The number of rotatable bonds is 5. The van der Waals surface area contributed by atoms with E-state index >= 15 is 0 Å². The summed E-state index contributed by atoms with van der Waals surface area (Å²) in [4.78, 5) is 0. The maximum absolute atomic E-state index is 13.3. The number of hydrogen-bond acceptors (Lipinski definition) is 2. The zero-order valence-electron chi connectivity index (χ0n) is 8.79. The summed E-state index contributed by atoms with van der Waals surface area (Å²) >= 11 is 0. The molecule has 1 rings (SSSR count). The molecule has 0 aliphatic carbocycles. The van der Waals surface area contributed by atoms with Crippen molar-refractivity contribution >= 4 is 0 Å². The van der Waals surface area contributed by atoms with Gasteiger partial charge in [0.2, 0.25) is 0 Å². The van der Waals surface area contributed by atoms with Gasteiger partial charge in [-0.1, -0.05) is 19.8 Å². The number of nitrogens with zero attached hydrogens (tertiary/aromatic N) is 1. The van der Waals surface area contributed by atoms with Crippen molar-refractivity contribution in [2.45, 2.75) is 26.2 Å². The molecule has 0 aliphatic rings. The Morgan fingerprint density at radius 2 is 2.20 bits per heavy atom. The highest BCUT2D eigenvalue weighted by Crippen LogP contribution is 2.18. The molecule has 0 radical (unpaired) electrons. The van der Waals surface area contributed by atoms with E-state index < -0.39 is 5.82 Å². The van der Waals surface area contributed by atoms with Crippen molar-refractivity contribution in [3.8, 4) is 11.8 Å². The van der Waals surface area contributed by atoms with Gasteiger partial charge in [0.05, 0.1) is 18.2 Å². The summed E-state index contributed by atoms with van der Waals surface area (Å²) in [6, 6.07) is 6.12. The van der Waals surface area contributed by atoms with E-state index in [2.05, 4.69) is 6.92 Å². The highest BCUT2D eigenvalue weighted by molar-refractivity contribution is 5.35. The minimum absolute atomic E-state index is 0.227. The second-order valence-electron chi connectivity index (χ2n) is 3.31. The van der Waals surface area contributed by atoms with Gasteiger partial charge in [-0.15, -0.1) is 0 Å². The van der Waals surface area contributed by atoms with Crippen LogP contribution in [-0.2, 0) is 0 Å². The second-order valence-corrected chi connectivity index (χ2v) is 3.31. The zero-order valence-corrected chi connectivity index (χ0v) is 8.79. The van der Waals surface area contributed by atoms with Gasteiger partial charge >= 0.3 is 0 Å². The summed E-state index contributed by atoms with van der Waals surface area (Å²) in [5.41, 5.74) is 0.313. The summed E-state index contributed by atoms with van der Waals surface area (Å²) < 4.78 is 18.5. The molecule has 0 unspecified atom stereocenters. The maximum Gasteiger partial charge on any atom is 0.166 e. The molecule has 0 aliphatic heterocycles. The first-order chi connectivity index (χ1) is 7.27. The topological polar surface area (TPSA) is 33.0 Å². The Morgan fingerprint density at radius 1 is 1.40 bits per heavy atom. The molecule has 0 atom stereocenters. The van der Waals surface area contributed by atoms with Crippen molar-refractivity contribution in [3.05, 3.63) is 29.6 Å². The molecule has 0 saturated heterocycles. The number of halogens is 1. The fourth-order valence-electron chi connectivity index (χ4n) is 1.22. The van der Waals surface area contributed by atoms with Crippen LogP contribution in [0.5, 0.6) is 5.75 Å². The summed E-state index contributed by atoms with van der Waals surface area (Å²) in [5, 5.41) is 8.54. The molecule has 0 aromatic heterocycles. The Kier molecular flexibility index (Phi) is 4.62. The van der Waals surface area contributed by atoms with Crippen molar-refractivity contribution in [3.63, 3.8) is 0 Å². The van der Waals surface area contributed by atoms with Gasteiger partial charge in [-0.05, 0) is 24.6 Å². The van der Waals surface area contributed by atoms with E-state index in [0.29, 0.717) is 12.2 Å². The first-order valence-electron chi connectivity index (χ1n) is 5.10. The van der Waals surface area contributed by atoms with Gasteiger partial charge in [0.25, 0.3) is 0 Å². The lowest BCUT2D eigenvalue weighted by Crippen LogP contribution is -1.99. The van der Waals surface area contributed by atoms with Crippen molar-refractivity contribution < 1.29 is 9.13 Å². The summed E-state index contributed by atoms with van der Waals surface area (Å²) in [6.45, 7) is 2.62. The van der Waals surface area contributed by atoms with Gasteiger partial charge in [0, 0.05) is 0 Å². The Morgan fingerprint density at radius 3 is 2.80 bits per heavy atom. The average molecular weight is 207 g/mol. The summed E-state index contributed by atoms with van der Waals surface area (Å²) in [7, 11) is 0. The standard InChI is InChI=1S/C12H14FNO/c1-2-3-4-7-15-12-6-5-10(9-14)8-11(12)13/h5-6,8H,2-4,7H2,1H3. The van der Waals surface area contributed by atoms with Gasteiger partial charge in [-0.3, -0.25) is 0 Å². The quantitative estimate of drug-likeness (QED) is 0.694. The molecule has 80 valence electrons. The minimum Gasteiger partial charge on any atom is -0.491 e. The number of hydrogen-bond donors (Lipinski definition) is 0. The monoisotopic (exact) mass is 207 g/mol. The number of nitriles is 1. The lowest BCUT2D eigenvalue weighted by Gasteiger charge is -2.06. The summed E-state index contributed by atoms with van der Waals surface area (Å²) in [5.74, 6) is -0.240. The van der Waals surface area contributed by atoms with Gasteiger partial charge < -0.3 is 4.74 Å². The minimum atomic E-state index is -0.467. The first kappa shape index (κ1) is 11.5. The fourth-order valence-corrected chi connectivity index (χ4v) is 1.22. The normalized spacial score (nSPS) is 9.67. The lowest BCUT2D eigenvalue weighted by molar-refractivity contribution is 0.291. The molecular formula is C12H14FNO. The molecule has 15 heavy (non-hydrogen) atoms. The second kappa shape index (κ2) is 6.02. The van der Waals surface area contributed by atoms with E-state index in [0.717, 1.165) is 19.3 Å². The van der Waals surface area contributed by atoms with Crippen molar-refractivity contribution in [2.75, 3.05) is 6.61 Å². The van der Waals surface area contributed by atoms with Gasteiger partial charge in [0.1, 0.15) is 0 Å². The van der Waals surface area contributed by atoms with Crippen LogP contribution in [0.3, 0.4) is 0 Å². The molecular weight excluding hydrogens is 193 g/mol. The molecule has 0 amide bonds. The van der Waals surface area contributed by atoms with Crippen LogP contribution >= 0.6 is 0 Å². The molecule has 0 fully saturated rings. The highest BCUT2D eigenvalue weighted by Gasteiger charge is 2.03. The molecule has 0 N–H and O–H groups in total. The van der Waals surface area contributed by atoms with Crippen LogP contribution in [0.1, 0.15) is 31.7 Å². The van der Waals surface area contributed by atoms with Crippen LogP contribution in [0, 0.1) is 17.1 Å². The predicted octanol–water partition coefficient (Wildman–Crippen LogP) is 3.27. The van der Waals surface area contributed by atoms with E-state index in [1.165, 1.54) is 12.1 Å².